The molecule has 0 amide bonds. The highest BCUT2D eigenvalue weighted by Crippen LogP contribution is 2.21. The fraction of sp³-hybridized carbons (Fsp3) is 0.400. The van der Waals surface area contributed by atoms with E-state index >= 15 is 0 Å². The van der Waals surface area contributed by atoms with Crippen molar-refractivity contribution in [2.24, 2.45) is 0 Å². The number of pyridine rings is 1. The molecule has 2 rings (SSSR count). The molecule has 2 heterocycles. The Labute approximate surface area is 138 Å². The minimum Gasteiger partial charge on any atom is -0.481 e. The van der Waals surface area contributed by atoms with Crippen LogP contribution in [0.2, 0.25) is 0 Å². The summed E-state index contributed by atoms with van der Waals surface area (Å²) in [6.45, 7) is 2.16. The Bertz CT molecular complexity index is 601. The van der Waals surface area contributed by atoms with Crippen LogP contribution in [0.4, 0.5) is 5.82 Å². The van der Waals surface area contributed by atoms with E-state index < -0.39 is 0 Å². The van der Waals surface area contributed by atoms with Gasteiger partial charge in [0, 0.05) is 25.7 Å². The maximum atomic E-state index is 5.07. The molecule has 6 heteroatoms. The van der Waals surface area contributed by atoms with Gasteiger partial charge in [-0.1, -0.05) is 19.4 Å². The van der Waals surface area contributed by atoms with Gasteiger partial charge in [-0.3, -0.25) is 0 Å². The summed E-state index contributed by atoms with van der Waals surface area (Å²) in [5.41, 5.74) is 2.18. The highest BCUT2D eigenvalue weighted by Gasteiger charge is 2.11. The maximum absolute atomic E-state index is 5.07. The van der Waals surface area contributed by atoms with Crippen molar-refractivity contribution in [2.45, 2.75) is 26.2 Å². The van der Waals surface area contributed by atoms with Gasteiger partial charge < -0.3 is 10.1 Å². The number of nitrogens with zero attached hydrogens (tertiary/aromatic N) is 3. The van der Waals surface area contributed by atoms with Crippen molar-refractivity contribution in [1.29, 1.82) is 0 Å². The summed E-state index contributed by atoms with van der Waals surface area (Å²) in [7, 11) is 3.50. The first kappa shape index (κ1) is 15.9. The third-order valence-electron chi connectivity index (χ3n) is 3.06. The van der Waals surface area contributed by atoms with Crippen LogP contribution < -0.4 is 10.1 Å². The monoisotopic (exact) mass is 398 g/mol. The Morgan fingerprint density at radius 1 is 1.29 bits per heavy atom. The van der Waals surface area contributed by atoms with Crippen molar-refractivity contribution in [1.82, 2.24) is 15.0 Å². The van der Waals surface area contributed by atoms with E-state index in [1.165, 1.54) is 0 Å². The molecule has 0 aliphatic carbocycles. The number of anilines is 1. The predicted molar refractivity (Wildman–Crippen MR) is 91.9 cm³/mol. The lowest BCUT2D eigenvalue weighted by atomic mass is 10.2. The van der Waals surface area contributed by atoms with Crippen molar-refractivity contribution in [2.75, 3.05) is 19.5 Å². The molecule has 0 aliphatic heterocycles. The van der Waals surface area contributed by atoms with E-state index in [-0.39, 0.29) is 0 Å². The molecule has 0 radical (unpaired) electrons. The zero-order valence-corrected chi connectivity index (χ0v) is 14.6. The van der Waals surface area contributed by atoms with Gasteiger partial charge in [0.15, 0.2) is 0 Å². The fourth-order valence-electron chi connectivity index (χ4n) is 2.01. The van der Waals surface area contributed by atoms with E-state index in [4.69, 9.17) is 9.72 Å². The van der Waals surface area contributed by atoms with Crippen LogP contribution in [-0.2, 0) is 12.8 Å². The molecule has 2 aromatic rings. The van der Waals surface area contributed by atoms with Crippen LogP contribution >= 0.6 is 22.6 Å². The largest absolute Gasteiger partial charge is 0.481 e. The summed E-state index contributed by atoms with van der Waals surface area (Å²) in [5, 5.41) is 3.14. The molecule has 0 atom stereocenters. The van der Waals surface area contributed by atoms with Crippen molar-refractivity contribution in [3.05, 3.63) is 39.0 Å². The van der Waals surface area contributed by atoms with E-state index in [2.05, 4.69) is 44.8 Å². The zero-order valence-electron chi connectivity index (χ0n) is 12.5. The SMILES string of the molecule is CCCc1nc(Cc2ccc(OC)nc2)nc(NC)c1I. The molecule has 112 valence electrons. The lowest BCUT2D eigenvalue weighted by molar-refractivity contribution is 0.397. The molecule has 0 unspecified atom stereocenters. The van der Waals surface area contributed by atoms with Gasteiger partial charge in [-0.2, -0.15) is 0 Å². The lowest BCUT2D eigenvalue weighted by Gasteiger charge is -2.11. The van der Waals surface area contributed by atoms with Gasteiger partial charge in [-0.25, -0.2) is 15.0 Å². The molecule has 21 heavy (non-hydrogen) atoms. The predicted octanol–water partition coefficient (Wildman–Crippen LogP) is 3.07. The minimum atomic E-state index is 0.616. The second-order valence-corrected chi connectivity index (χ2v) is 5.71. The van der Waals surface area contributed by atoms with Crippen LogP contribution in [0.15, 0.2) is 18.3 Å². The van der Waals surface area contributed by atoms with Crippen molar-refractivity contribution >= 4 is 28.4 Å². The Hall–Kier alpha value is -1.44. The molecule has 0 aromatic carbocycles. The van der Waals surface area contributed by atoms with Crippen LogP contribution in [-0.4, -0.2) is 29.1 Å². The zero-order chi connectivity index (χ0) is 15.2. The molecule has 0 aliphatic rings. The van der Waals surface area contributed by atoms with Crippen LogP contribution in [0.1, 0.15) is 30.4 Å². The van der Waals surface area contributed by atoms with E-state index in [1.54, 1.807) is 13.3 Å². The second kappa shape index (κ2) is 7.53. The maximum Gasteiger partial charge on any atom is 0.212 e. The van der Waals surface area contributed by atoms with Crippen molar-refractivity contribution < 1.29 is 4.74 Å². The summed E-state index contributed by atoms with van der Waals surface area (Å²) in [5.74, 6) is 2.32. The number of nitrogens with one attached hydrogen (secondary N) is 1. The molecule has 0 saturated heterocycles. The van der Waals surface area contributed by atoms with Gasteiger partial charge in [0.05, 0.1) is 16.4 Å². The Morgan fingerprint density at radius 3 is 2.67 bits per heavy atom. The second-order valence-electron chi connectivity index (χ2n) is 4.63. The molecule has 0 fully saturated rings. The molecule has 0 saturated carbocycles. The third kappa shape index (κ3) is 4.03. The highest BCUT2D eigenvalue weighted by molar-refractivity contribution is 14.1. The number of halogens is 1. The van der Waals surface area contributed by atoms with Gasteiger partial charge in [0.1, 0.15) is 11.6 Å². The number of hydrogen-bond acceptors (Lipinski definition) is 5. The van der Waals surface area contributed by atoms with Crippen LogP contribution in [0.5, 0.6) is 5.88 Å². The normalized spacial score (nSPS) is 10.5. The summed E-state index contributed by atoms with van der Waals surface area (Å²) < 4.78 is 6.17. The van der Waals surface area contributed by atoms with Gasteiger partial charge in [0.2, 0.25) is 5.88 Å². The van der Waals surface area contributed by atoms with Crippen LogP contribution in [0.25, 0.3) is 0 Å². The standard InChI is InChI=1S/C15H19IN4O/c1-4-5-11-14(16)15(17-2)20-12(19-11)8-10-6-7-13(21-3)18-9-10/h6-7,9H,4-5,8H2,1-3H3,(H,17,19,20). The number of methoxy groups -OCH3 is 1. The van der Waals surface area contributed by atoms with Crippen molar-refractivity contribution in [3.63, 3.8) is 0 Å². The van der Waals surface area contributed by atoms with Gasteiger partial charge in [-0.15, -0.1) is 0 Å². The average Bonchev–Trinajstić information content (AvgIpc) is 2.51. The molecular weight excluding hydrogens is 379 g/mol. The first-order chi connectivity index (χ1) is 10.2. The first-order valence-corrected chi connectivity index (χ1v) is 7.97. The highest BCUT2D eigenvalue weighted by atomic mass is 127. The average molecular weight is 398 g/mol. The smallest absolute Gasteiger partial charge is 0.212 e. The minimum absolute atomic E-state index is 0.616. The van der Waals surface area contributed by atoms with Crippen LogP contribution in [0, 0.1) is 3.57 Å². The quantitative estimate of drug-likeness (QED) is 0.758. The van der Waals surface area contributed by atoms with Gasteiger partial charge in [-0.05, 0) is 34.6 Å². The third-order valence-corrected chi connectivity index (χ3v) is 4.19. The summed E-state index contributed by atoms with van der Waals surface area (Å²) in [6, 6.07) is 3.85. The van der Waals surface area contributed by atoms with Crippen molar-refractivity contribution in [3.8, 4) is 5.88 Å². The number of hydrogen-bond donors (Lipinski definition) is 1. The summed E-state index contributed by atoms with van der Waals surface area (Å²) in [4.78, 5) is 13.5. The van der Waals surface area contributed by atoms with Crippen LogP contribution in [0.3, 0.4) is 0 Å². The van der Waals surface area contributed by atoms with Gasteiger partial charge >= 0.3 is 0 Å². The molecule has 0 bridgehead atoms. The van der Waals surface area contributed by atoms with E-state index in [0.29, 0.717) is 12.3 Å². The van der Waals surface area contributed by atoms with E-state index in [9.17, 15) is 0 Å². The van der Waals surface area contributed by atoms with E-state index in [0.717, 1.165) is 39.3 Å². The molecular formula is C15H19IN4O. The van der Waals surface area contributed by atoms with E-state index in [1.807, 2.05) is 19.2 Å². The summed E-state index contributed by atoms with van der Waals surface area (Å²) in [6.07, 6.45) is 4.50. The molecule has 2 aromatic heterocycles. The first-order valence-electron chi connectivity index (χ1n) is 6.89. The number of rotatable bonds is 6. The Balaban J connectivity index is 2.27. The van der Waals surface area contributed by atoms with Gasteiger partial charge in [0.25, 0.3) is 0 Å². The fourth-order valence-corrected chi connectivity index (χ4v) is 2.79. The Morgan fingerprint density at radius 2 is 2.10 bits per heavy atom. The Kier molecular flexibility index (Phi) is 5.72. The molecule has 1 N–H and O–H groups in total. The molecule has 0 spiro atoms. The summed E-state index contributed by atoms with van der Waals surface area (Å²) >= 11 is 2.30. The molecule has 5 nitrogen and oxygen atoms in total. The number of aryl methyl sites for hydroxylation is 1. The lowest BCUT2D eigenvalue weighted by Crippen LogP contribution is -2.08. The number of ether oxygens (including phenoxy) is 1. The topological polar surface area (TPSA) is 59.9 Å². The number of aromatic nitrogens is 3.